The van der Waals surface area contributed by atoms with Gasteiger partial charge in [-0.1, -0.05) is 62.4 Å². The number of amides is 11. The van der Waals surface area contributed by atoms with Crippen molar-refractivity contribution < 1.29 is 47.9 Å². The maximum absolute atomic E-state index is 14.0. The van der Waals surface area contributed by atoms with Gasteiger partial charge in [0.25, 0.3) is 0 Å². The SMILES string of the molecule is CC(=O)NCC(=O)NC1CC(=O)NCCCCC(C(N)=O)NC(=O)[C@H](Cc2c[nH]c3ccccc23)NC(=O)CNC(=O)C(Cc2ccccc2)NC(=O)[C@H](CCCCN)NC1=O.CCCN=C(N)N.CCCNC(N)=O. The Morgan fingerprint density at radius 2 is 1.38 bits per heavy atom. The van der Waals surface area contributed by atoms with Crippen LogP contribution in [0.3, 0.4) is 0 Å². The fraction of sp³-hybridized carbons (Fsp3) is 0.500. The number of nitrogens with two attached hydrogens (primary N) is 5. The molecule has 0 aliphatic carbocycles. The number of urea groups is 1. The number of hydrogen-bond acceptors (Lipinski definition) is 12. The Bertz CT molecular complexity index is 2400. The molecule has 5 atom stereocenters. The highest BCUT2D eigenvalue weighted by molar-refractivity contribution is 5.98. The molecule has 2 aromatic carbocycles. The van der Waals surface area contributed by atoms with Gasteiger partial charge in [-0.3, -0.25) is 48.1 Å². The van der Waals surface area contributed by atoms with E-state index in [2.05, 4.69) is 57.8 Å². The van der Waals surface area contributed by atoms with E-state index in [1.54, 1.807) is 36.5 Å². The molecular weight excluding hydrogens is 985 g/mol. The molecule has 2 heterocycles. The number of para-hydroxylation sites is 1. The van der Waals surface area contributed by atoms with Crippen molar-refractivity contribution in [3.8, 4) is 0 Å². The largest absolute Gasteiger partial charge is 0.370 e. The first kappa shape index (κ1) is 63.8. The number of benzene rings is 2. The van der Waals surface area contributed by atoms with Gasteiger partial charge < -0.3 is 81.5 Å². The molecule has 20 N–H and O–H groups in total. The first-order valence-electron chi connectivity index (χ1n) is 25.2. The van der Waals surface area contributed by atoms with Crippen LogP contribution in [-0.2, 0) is 56.0 Å². The van der Waals surface area contributed by atoms with Crippen LogP contribution in [0.25, 0.3) is 10.9 Å². The number of guanidine groups is 1. The highest BCUT2D eigenvalue weighted by Gasteiger charge is 2.32. The van der Waals surface area contributed by atoms with Crippen LogP contribution in [0.5, 0.6) is 0 Å². The number of nitrogens with one attached hydrogen (secondary N) is 10. The molecular formula is C50H78N16O10. The summed E-state index contributed by atoms with van der Waals surface area (Å²) in [7, 11) is 0. The third kappa shape index (κ3) is 26.1. The van der Waals surface area contributed by atoms with Crippen LogP contribution in [0.2, 0.25) is 0 Å². The Labute approximate surface area is 442 Å². The van der Waals surface area contributed by atoms with Gasteiger partial charge in [0.1, 0.15) is 30.2 Å². The van der Waals surface area contributed by atoms with Gasteiger partial charge in [-0.15, -0.1) is 0 Å². The Balaban J connectivity index is 0.00000124. The number of rotatable bonds is 16. The van der Waals surface area contributed by atoms with Crippen molar-refractivity contribution >= 4 is 76.1 Å². The van der Waals surface area contributed by atoms with Crippen LogP contribution in [-0.4, -0.2) is 140 Å². The van der Waals surface area contributed by atoms with E-state index >= 15 is 0 Å². The lowest BCUT2D eigenvalue weighted by Gasteiger charge is -2.25. The van der Waals surface area contributed by atoms with Gasteiger partial charge in [0.2, 0.25) is 53.2 Å². The average molecular weight is 1060 g/mol. The van der Waals surface area contributed by atoms with E-state index in [-0.39, 0.29) is 38.2 Å². The Hall–Kier alpha value is -8.29. The van der Waals surface area contributed by atoms with Crippen LogP contribution in [0.15, 0.2) is 65.8 Å². The summed E-state index contributed by atoms with van der Waals surface area (Å²) in [6.45, 7) is 5.88. The number of aromatic nitrogens is 1. The highest BCUT2D eigenvalue weighted by atomic mass is 16.2. The molecule has 1 aliphatic rings. The Morgan fingerprint density at radius 1 is 0.711 bits per heavy atom. The number of unbranched alkanes of at least 4 members (excludes halogenated alkanes) is 1. The maximum Gasteiger partial charge on any atom is 0.312 e. The second-order valence-corrected chi connectivity index (χ2v) is 17.6. The van der Waals surface area contributed by atoms with Crippen molar-refractivity contribution in [1.29, 1.82) is 0 Å². The smallest absolute Gasteiger partial charge is 0.312 e. The Morgan fingerprint density at radius 3 is 2.00 bits per heavy atom. The second-order valence-electron chi connectivity index (χ2n) is 17.6. The third-order valence-corrected chi connectivity index (χ3v) is 11.2. The molecule has 418 valence electrons. The van der Waals surface area contributed by atoms with Crippen molar-refractivity contribution in [3.63, 3.8) is 0 Å². The summed E-state index contributed by atoms with van der Waals surface area (Å²) in [5, 5.41) is 23.8. The second kappa shape index (κ2) is 35.8. The topological polar surface area (TPSA) is 437 Å². The van der Waals surface area contributed by atoms with Crippen LogP contribution in [0, 0.1) is 0 Å². The van der Waals surface area contributed by atoms with E-state index in [0.717, 1.165) is 30.3 Å². The van der Waals surface area contributed by atoms with Gasteiger partial charge in [0, 0.05) is 56.5 Å². The van der Waals surface area contributed by atoms with Crippen molar-refractivity contribution in [2.45, 2.75) is 122 Å². The van der Waals surface area contributed by atoms with Gasteiger partial charge in [0.05, 0.1) is 19.5 Å². The molecule has 26 heteroatoms. The molecule has 1 saturated heterocycles. The van der Waals surface area contributed by atoms with E-state index in [1.165, 1.54) is 6.92 Å². The predicted molar refractivity (Wildman–Crippen MR) is 286 cm³/mol. The molecule has 1 fully saturated rings. The maximum atomic E-state index is 14.0. The normalized spacial score (nSPS) is 19.1. The van der Waals surface area contributed by atoms with E-state index in [0.29, 0.717) is 49.9 Å². The predicted octanol–water partition coefficient (Wildman–Crippen LogP) is -2.33. The number of primary amides is 2. The van der Waals surface area contributed by atoms with Crippen LogP contribution in [0.1, 0.15) is 89.7 Å². The first-order valence-corrected chi connectivity index (χ1v) is 25.2. The van der Waals surface area contributed by atoms with Crippen LogP contribution < -0.4 is 76.5 Å². The minimum atomic E-state index is -1.49. The van der Waals surface area contributed by atoms with E-state index in [1.807, 2.05) is 38.1 Å². The summed E-state index contributed by atoms with van der Waals surface area (Å²) in [6, 6.07) is 9.29. The molecule has 4 rings (SSSR count). The zero-order valence-electron chi connectivity index (χ0n) is 43.6. The third-order valence-electron chi connectivity index (χ3n) is 11.2. The molecule has 1 aliphatic heterocycles. The van der Waals surface area contributed by atoms with Gasteiger partial charge >= 0.3 is 6.03 Å². The summed E-state index contributed by atoms with van der Waals surface area (Å²) >= 11 is 0. The molecule has 11 amide bonds. The van der Waals surface area contributed by atoms with Gasteiger partial charge in [-0.05, 0) is 75.1 Å². The standard InChI is InChI=1S/C42H57N11O9.C4H11N3.C4H10N2O/c1-25(54)46-23-36(56)50-34-21-35(55)45-18-10-8-15-30(38(44)58)51-41(61)33(20-27-22-47-29-14-6-5-13-28(27)29)49-37(57)24-48-39(59)32(19-26-11-3-2-4-12-26)53-40(60)31(52-42(34)62)16-7-9-17-43;1-2-3-7-4(5)6;1-2-3-6-4(5)7/h2-6,11-14,22,30-34,47H,7-10,15-21,23-24,43H2,1H3,(H2,44,58)(H,45,55)(H,46,54)(H,48,59)(H,49,57)(H,50,56)(H,51,61)(H,52,62)(H,53,60);2-3H2,1H3,(H4,5,6,7);2-3H2,1H3,(H3,5,6,7)/t30?,31-,32?,33-,34?;;/m0../s1. The quantitative estimate of drug-likeness (QED) is 0.0407. The minimum Gasteiger partial charge on any atom is -0.370 e. The highest BCUT2D eigenvalue weighted by Crippen LogP contribution is 2.19. The molecule has 0 spiro atoms. The minimum absolute atomic E-state index is 0.00564. The molecule has 3 aromatic rings. The number of aliphatic imine (C=N–C) groups is 1. The van der Waals surface area contributed by atoms with Crippen molar-refractivity contribution in [3.05, 3.63) is 71.9 Å². The molecule has 0 saturated carbocycles. The number of carbonyl (C=O) groups excluding carboxylic acids is 10. The van der Waals surface area contributed by atoms with Crippen molar-refractivity contribution in [1.82, 2.24) is 52.8 Å². The number of H-pyrrole nitrogens is 1. The number of fused-ring (bicyclic) bond motifs is 1. The van der Waals surface area contributed by atoms with Crippen LogP contribution in [0.4, 0.5) is 4.79 Å². The van der Waals surface area contributed by atoms with Crippen molar-refractivity contribution in [2.24, 2.45) is 33.7 Å². The number of nitrogens with zero attached hydrogens (tertiary/aromatic N) is 1. The van der Waals surface area contributed by atoms with E-state index in [9.17, 15) is 47.9 Å². The number of hydrogen-bond donors (Lipinski definition) is 15. The molecule has 76 heavy (non-hydrogen) atoms. The summed E-state index contributed by atoms with van der Waals surface area (Å²) in [5.74, 6) is -6.41. The summed E-state index contributed by atoms with van der Waals surface area (Å²) < 4.78 is 0. The first-order chi connectivity index (χ1) is 36.3. The molecule has 3 unspecified atom stereocenters. The average Bonchev–Trinajstić information content (AvgIpc) is 3.79. The summed E-state index contributed by atoms with van der Waals surface area (Å²) in [4.78, 5) is 136. The summed E-state index contributed by atoms with van der Waals surface area (Å²) in [5.41, 5.74) is 28.3. The van der Waals surface area contributed by atoms with Gasteiger partial charge in [-0.2, -0.15) is 0 Å². The Kier molecular flexibility index (Phi) is 30.1. The molecule has 26 nitrogen and oxygen atoms in total. The van der Waals surface area contributed by atoms with Crippen molar-refractivity contribution in [2.75, 3.05) is 39.3 Å². The number of aromatic amines is 1. The van der Waals surface area contributed by atoms with Gasteiger partial charge in [-0.25, -0.2) is 4.79 Å². The molecule has 1 aromatic heterocycles. The molecule has 0 radical (unpaired) electrons. The fourth-order valence-corrected chi connectivity index (χ4v) is 7.30. The van der Waals surface area contributed by atoms with Gasteiger partial charge in [0.15, 0.2) is 5.96 Å². The lowest BCUT2D eigenvalue weighted by molar-refractivity contribution is -0.135. The van der Waals surface area contributed by atoms with E-state index in [4.69, 9.17) is 28.7 Å². The zero-order chi connectivity index (χ0) is 56.4. The summed E-state index contributed by atoms with van der Waals surface area (Å²) in [6.07, 6.45) is 4.73. The van der Waals surface area contributed by atoms with Crippen LogP contribution >= 0.6 is 0 Å². The molecule has 0 bridgehead atoms. The lowest BCUT2D eigenvalue weighted by Crippen LogP contribution is -2.58. The number of carbonyl (C=O) groups is 10. The fourth-order valence-electron chi connectivity index (χ4n) is 7.30. The van der Waals surface area contributed by atoms with E-state index < -0.39 is 109 Å². The lowest BCUT2D eigenvalue weighted by atomic mass is 10.0. The monoisotopic (exact) mass is 1060 g/mol. The zero-order valence-corrected chi connectivity index (χ0v) is 43.6.